The van der Waals surface area contributed by atoms with Crippen molar-refractivity contribution in [1.29, 1.82) is 0 Å². The average Bonchev–Trinajstić information content (AvgIpc) is 2.54. The van der Waals surface area contributed by atoms with E-state index in [0.29, 0.717) is 0 Å². The van der Waals surface area contributed by atoms with Crippen LogP contribution in [0.3, 0.4) is 0 Å². The van der Waals surface area contributed by atoms with Crippen molar-refractivity contribution < 1.29 is 0 Å². The summed E-state index contributed by atoms with van der Waals surface area (Å²) in [6.45, 7) is 0. The van der Waals surface area contributed by atoms with Gasteiger partial charge in [0.25, 0.3) is 11.1 Å². The van der Waals surface area contributed by atoms with Gasteiger partial charge in [-0.05, 0) is 47.5 Å². The lowest BCUT2D eigenvalue weighted by Gasteiger charge is -1.93. The van der Waals surface area contributed by atoms with Gasteiger partial charge in [0.1, 0.15) is 10.7 Å². The Balaban J connectivity index is 2.14. The predicted molar refractivity (Wildman–Crippen MR) is 82.5 cm³/mol. The van der Waals surface area contributed by atoms with Crippen LogP contribution in [0.5, 0.6) is 0 Å². The van der Waals surface area contributed by atoms with Crippen LogP contribution in [0.15, 0.2) is 58.6 Å². The first-order valence-corrected chi connectivity index (χ1v) is 6.58. The molecule has 0 spiro atoms. The standard InChI is InChI=1S/C16H12N4O2/c21-15-13(9-11-1-5-17-6-2-11)19-16(22)14(20-15)10-12-3-7-18-8-4-12/h1-10H,(H,19,22)(H,20,21)/b13-9+,14-10+. The number of pyridine rings is 2. The molecule has 0 aliphatic rings. The SMILES string of the molecule is O=c1[nH]/c(=C/c2ccncc2)c(=O)[nH]/c1=C/c1ccncc1. The number of H-pyrrole nitrogens is 2. The number of nitrogens with zero attached hydrogens (tertiary/aromatic N) is 2. The van der Waals surface area contributed by atoms with Gasteiger partial charge in [-0.3, -0.25) is 19.6 Å². The summed E-state index contributed by atoms with van der Waals surface area (Å²) in [7, 11) is 0. The zero-order valence-electron chi connectivity index (χ0n) is 11.5. The van der Waals surface area contributed by atoms with Crippen LogP contribution in [-0.4, -0.2) is 19.9 Å². The first-order valence-electron chi connectivity index (χ1n) is 6.58. The Morgan fingerprint density at radius 1 is 0.682 bits per heavy atom. The lowest BCUT2D eigenvalue weighted by molar-refractivity contribution is 1.00. The van der Waals surface area contributed by atoms with Crippen LogP contribution in [0, 0.1) is 0 Å². The monoisotopic (exact) mass is 292 g/mol. The van der Waals surface area contributed by atoms with E-state index < -0.39 is 0 Å². The highest BCUT2D eigenvalue weighted by Gasteiger charge is 1.96. The summed E-state index contributed by atoms with van der Waals surface area (Å²) in [5, 5.41) is 0.395. The van der Waals surface area contributed by atoms with Gasteiger partial charge >= 0.3 is 0 Å². The predicted octanol–water partition coefficient (Wildman–Crippen LogP) is -0.489. The minimum absolute atomic E-state index is 0.197. The second-order valence-corrected chi connectivity index (χ2v) is 4.59. The van der Waals surface area contributed by atoms with E-state index in [-0.39, 0.29) is 21.8 Å². The van der Waals surface area contributed by atoms with Crippen molar-refractivity contribution in [1.82, 2.24) is 19.9 Å². The lowest BCUT2D eigenvalue weighted by atomic mass is 10.2. The van der Waals surface area contributed by atoms with Gasteiger partial charge in [-0.1, -0.05) is 0 Å². The molecule has 0 aromatic carbocycles. The van der Waals surface area contributed by atoms with Crippen molar-refractivity contribution in [2.45, 2.75) is 0 Å². The van der Waals surface area contributed by atoms with Crippen LogP contribution >= 0.6 is 0 Å². The highest BCUT2D eigenvalue weighted by atomic mass is 16.1. The van der Waals surface area contributed by atoms with Gasteiger partial charge in [0.2, 0.25) is 0 Å². The Labute approximate surface area is 124 Å². The third-order valence-corrected chi connectivity index (χ3v) is 3.02. The molecule has 0 saturated heterocycles. The van der Waals surface area contributed by atoms with Crippen LogP contribution < -0.4 is 21.8 Å². The van der Waals surface area contributed by atoms with Gasteiger partial charge in [-0.2, -0.15) is 0 Å². The fourth-order valence-corrected chi connectivity index (χ4v) is 1.95. The molecule has 6 nitrogen and oxygen atoms in total. The maximum atomic E-state index is 12.1. The number of rotatable bonds is 2. The molecule has 0 unspecified atom stereocenters. The van der Waals surface area contributed by atoms with Gasteiger partial charge in [-0.15, -0.1) is 0 Å². The summed E-state index contributed by atoms with van der Waals surface area (Å²) in [5.74, 6) is 0. The lowest BCUT2D eigenvalue weighted by Crippen LogP contribution is -2.46. The number of nitrogens with one attached hydrogen (secondary N) is 2. The van der Waals surface area contributed by atoms with E-state index in [1.54, 1.807) is 61.2 Å². The Morgan fingerprint density at radius 3 is 1.41 bits per heavy atom. The zero-order chi connectivity index (χ0) is 15.4. The maximum Gasteiger partial charge on any atom is 0.272 e. The van der Waals surface area contributed by atoms with E-state index in [9.17, 15) is 9.59 Å². The van der Waals surface area contributed by atoms with Gasteiger partial charge in [0, 0.05) is 24.8 Å². The van der Waals surface area contributed by atoms with Gasteiger partial charge < -0.3 is 9.97 Å². The molecule has 0 radical (unpaired) electrons. The summed E-state index contributed by atoms with van der Waals surface area (Å²) in [5.41, 5.74) is 0.831. The number of hydrogen-bond donors (Lipinski definition) is 2. The highest BCUT2D eigenvalue weighted by molar-refractivity contribution is 5.48. The Kier molecular flexibility index (Phi) is 3.74. The number of hydrogen-bond acceptors (Lipinski definition) is 4. The smallest absolute Gasteiger partial charge is 0.272 e. The average molecular weight is 292 g/mol. The third kappa shape index (κ3) is 3.06. The molecule has 108 valence electrons. The molecule has 0 fully saturated rings. The summed E-state index contributed by atoms with van der Waals surface area (Å²) in [6, 6.07) is 6.98. The van der Waals surface area contributed by atoms with Crippen LogP contribution in [0.25, 0.3) is 12.2 Å². The molecule has 0 atom stereocenters. The first-order chi connectivity index (χ1) is 10.7. The summed E-state index contributed by atoms with van der Waals surface area (Å²) in [4.78, 5) is 37.1. The molecule has 0 amide bonds. The zero-order valence-corrected chi connectivity index (χ0v) is 11.5. The van der Waals surface area contributed by atoms with Gasteiger partial charge in [-0.25, -0.2) is 0 Å². The molecule has 2 N–H and O–H groups in total. The topological polar surface area (TPSA) is 91.5 Å². The third-order valence-electron chi connectivity index (χ3n) is 3.02. The molecule has 22 heavy (non-hydrogen) atoms. The minimum atomic E-state index is -0.364. The quantitative estimate of drug-likeness (QED) is 0.667. The van der Waals surface area contributed by atoms with E-state index in [4.69, 9.17) is 0 Å². The Bertz CT molecular complexity index is 921. The fraction of sp³-hybridized carbons (Fsp3) is 0. The van der Waals surface area contributed by atoms with Gasteiger partial charge in [0.05, 0.1) is 0 Å². The van der Waals surface area contributed by atoms with E-state index >= 15 is 0 Å². The summed E-state index contributed by atoms with van der Waals surface area (Å²) in [6.07, 6.45) is 9.65. The van der Waals surface area contributed by atoms with Crippen molar-refractivity contribution in [2.24, 2.45) is 0 Å². The number of aromatic nitrogens is 4. The molecule has 6 heteroatoms. The second-order valence-electron chi connectivity index (χ2n) is 4.59. The van der Waals surface area contributed by atoms with E-state index in [0.717, 1.165) is 11.1 Å². The fourth-order valence-electron chi connectivity index (χ4n) is 1.95. The Morgan fingerprint density at radius 2 is 1.05 bits per heavy atom. The normalized spacial score (nSPS) is 12.5. The van der Waals surface area contributed by atoms with Crippen LogP contribution in [0.4, 0.5) is 0 Å². The van der Waals surface area contributed by atoms with E-state index in [1.165, 1.54) is 0 Å². The maximum absolute atomic E-state index is 12.1. The molecule has 3 aromatic rings. The highest BCUT2D eigenvalue weighted by Crippen LogP contribution is 1.95. The summed E-state index contributed by atoms with van der Waals surface area (Å²) < 4.78 is 0. The van der Waals surface area contributed by atoms with Crippen LogP contribution in [0.2, 0.25) is 0 Å². The molecule has 3 rings (SSSR count). The van der Waals surface area contributed by atoms with E-state index in [1.807, 2.05) is 0 Å². The minimum Gasteiger partial charge on any atom is -0.316 e. The molecule has 0 bridgehead atoms. The molecular formula is C16H12N4O2. The second kappa shape index (κ2) is 6.01. The van der Waals surface area contributed by atoms with Crippen molar-refractivity contribution in [3.05, 3.63) is 91.6 Å². The molecule has 3 heterocycles. The Hall–Kier alpha value is -3.28. The molecule has 0 aliphatic carbocycles. The summed E-state index contributed by atoms with van der Waals surface area (Å²) >= 11 is 0. The van der Waals surface area contributed by atoms with Crippen molar-refractivity contribution in [2.75, 3.05) is 0 Å². The van der Waals surface area contributed by atoms with Crippen molar-refractivity contribution in [3.63, 3.8) is 0 Å². The van der Waals surface area contributed by atoms with Gasteiger partial charge in [0.15, 0.2) is 0 Å². The van der Waals surface area contributed by atoms with E-state index in [2.05, 4.69) is 19.9 Å². The molecule has 3 aromatic heterocycles. The molecular weight excluding hydrogens is 280 g/mol. The van der Waals surface area contributed by atoms with Crippen molar-refractivity contribution in [3.8, 4) is 0 Å². The van der Waals surface area contributed by atoms with Crippen molar-refractivity contribution >= 4 is 12.2 Å². The first kappa shape index (κ1) is 13.7. The molecule has 0 aliphatic heterocycles. The van der Waals surface area contributed by atoms with Crippen LogP contribution in [-0.2, 0) is 0 Å². The van der Waals surface area contributed by atoms with Crippen LogP contribution in [0.1, 0.15) is 11.1 Å². The molecule has 0 saturated carbocycles. The number of aromatic amines is 2. The largest absolute Gasteiger partial charge is 0.316 e.